The number of hydrogen-bond acceptors (Lipinski definition) is 3. The van der Waals surface area contributed by atoms with E-state index in [-0.39, 0.29) is 5.88 Å². The summed E-state index contributed by atoms with van der Waals surface area (Å²) < 4.78 is 0.650. The van der Waals surface area contributed by atoms with Crippen molar-refractivity contribution in [1.82, 2.24) is 4.98 Å². The van der Waals surface area contributed by atoms with E-state index in [0.29, 0.717) is 4.47 Å². The lowest BCUT2D eigenvalue weighted by atomic mass is 10.2. The van der Waals surface area contributed by atoms with Crippen molar-refractivity contribution in [3.8, 4) is 5.88 Å². The van der Waals surface area contributed by atoms with E-state index < -0.39 is 0 Å². The molecule has 0 fully saturated rings. The molecule has 1 aromatic heterocycles. The number of thioether (sulfide) groups is 1. The second-order valence-corrected chi connectivity index (χ2v) is 6.13. The molecule has 0 unspecified atom stereocenters. The van der Waals surface area contributed by atoms with Crippen LogP contribution in [0.2, 0.25) is 0 Å². The highest BCUT2D eigenvalue weighted by molar-refractivity contribution is 9.10. The number of fused-ring (bicyclic) bond motifs is 1. The van der Waals surface area contributed by atoms with Gasteiger partial charge in [-0.3, -0.25) is 0 Å². The van der Waals surface area contributed by atoms with Gasteiger partial charge in [0.1, 0.15) is 5.03 Å². The average Bonchev–Trinajstić information content (AvgIpc) is 2.50. The number of pyridine rings is 1. The number of halogens is 1. The zero-order valence-electron chi connectivity index (χ0n) is 10.6. The molecule has 3 rings (SSSR count). The molecule has 0 saturated heterocycles. The first-order chi connectivity index (χ1) is 9.75. The van der Waals surface area contributed by atoms with Gasteiger partial charge in [-0.05, 0) is 21.5 Å². The summed E-state index contributed by atoms with van der Waals surface area (Å²) in [7, 11) is 0. The largest absolute Gasteiger partial charge is 0.492 e. The Labute approximate surface area is 130 Å². The Kier molecular flexibility index (Phi) is 3.94. The Hall–Kier alpha value is -1.52. The molecule has 2 nitrogen and oxygen atoms in total. The van der Waals surface area contributed by atoms with E-state index >= 15 is 0 Å². The van der Waals surface area contributed by atoms with Crippen LogP contribution in [-0.2, 0) is 5.75 Å². The summed E-state index contributed by atoms with van der Waals surface area (Å²) in [5, 5.41) is 12.8. The monoisotopic (exact) mass is 345 g/mol. The van der Waals surface area contributed by atoms with E-state index in [1.807, 2.05) is 42.5 Å². The molecule has 100 valence electrons. The highest BCUT2D eigenvalue weighted by Gasteiger charge is 2.11. The Morgan fingerprint density at radius 1 is 0.950 bits per heavy atom. The van der Waals surface area contributed by atoms with Crippen LogP contribution in [0.4, 0.5) is 0 Å². The molecule has 0 radical (unpaired) electrons. The molecule has 1 N–H and O–H groups in total. The van der Waals surface area contributed by atoms with Crippen molar-refractivity contribution < 1.29 is 5.11 Å². The Bertz CT molecular complexity index is 746. The number of hydrogen-bond donors (Lipinski definition) is 1. The van der Waals surface area contributed by atoms with Crippen molar-refractivity contribution >= 4 is 38.5 Å². The van der Waals surface area contributed by atoms with Gasteiger partial charge in [-0.15, -0.1) is 11.8 Å². The minimum atomic E-state index is 0.0410. The molecular weight excluding hydrogens is 334 g/mol. The van der Waals surface area contributed by atoms with Crippen LogP contribution >= 0.6 is 27.7 Å². The van der Waals surface area contributed by atoms with Gasteiger partial charge in [-0.1, -0.05) is 54.6 Å². The molecule has 0 aliphatic carbocycles. The zero-order chi connectivity index (χ0) is 13.9. The van der Waals surface area contributed by atoms with Crippen LogP contribution in [0.25, 0.3) is 10.8 Å². The maximum absolute atomic E-state index is 9.92. The van der Waals surface area contributed by atoms with Crippen LogP contribution in [0.1, 0.15) is 5.56 Å². The summed E-state index contributed by atoms with van der Waals surface area (Å²) in [6, 6.07) is 18.2. The average molecular weight is 346 g/mol. The highest BCUT2D eigenvalue weighted by atomic mass is 79.9. The summed E-state index contributed by atoms with van der Waals surface area (Å²) in [6.07, 6.45) is 0. The van der Waals surface area contributed by atoms with Crippen LogP contribution in [0.3, 0.4) is 0 Å². The Morgan fingerprint density at radius 2 is 1.60 bits per heavy atom. The van der Waals surface area contributed by atoms with Gasteiger partial charge in [0.15, 0.2) is 0 Å². The second-order valence-electron chi connectivity index (χ2n) is 4.37. The molecule has 2 aromatic carbocycles. The first kappa shape index (κ1) is 13.5. The zero-order valence-corrected chi connectivity index (χ0v) is 13.0. The maximum atomic E-state index is 9.92. The van der Waals surface area contributed by atoms with E-state index in [9.17, 15) is 5.11 Å². The van der Waals surface area contributed by atoms with Crippen molar-refractivity contribution in [2.45, 2.75) is 10.8 Å². The molecule has 0 spiro atoms. The third-order valence-corrected chi connectivity index (χ3v) is 4.86. The van der Waals surface area contributed by atoms with Crippen molar-refractivity contribution in [3.05, 3.63) is 64.6 Å². The topological polar surface area (TPSA) is 33.1 Å². The van der Waals surface area contributed by atoms with Gasteiger partial charge in [0, 0.05) is 16.5 Å². The predicted octanol–water partition coefficient (Wildman–Crippen LogP) is 5.00. The van der Waals surface area contributed by atoms with Crippen molar-refractivity contribution in [2.24, 2.45) is 0 Å². The third kappa shape index (κ3) is 2.67. The van der Waals surface area contributed by atoms with Crippen molar-refractivity contribution in [3.63, 3.8) is 0 Å². The molecule has 0 aliphatic rings. The van der Waals surface area contributed by atoms with E-state index in [4.69, 9.17) is 0 Å². The predicted molar refractivity (Wildman–Crippen MR) is 87.1 cm³/mol. The van der Waals surface area contributed by atoms with Crippen LogP contribution in [0.15, 0.2) is 64.1 Å². The molecule has 1 heterocycles. The molecular formula is C16H12BrNOS. The lowest BCUT2D eigenvalue weighted by Crippen LogP contribution is -1.88. The summed E-state index contributed by atoms with van der Waals surface area (Å²) in [6.45, 7) is 0. The van der Waals surface area contributed by atoms with Crippen LogP contribution < -0.4 is 0 Å². The summed E-state index contributed by atoms with van der Waals surface area (Å²) in [4.78, 5) is 4.29. The number of nitrogens with zero attached hydrogens (tertiary/aromatic N) is 1. The highest BCUT2D eigenvalue weighted by Crippen LogP contribution is 2.37. The molecule has 0 bridgehead atoms. The summed E-state index contributed by atoms with van der Waals surface area (Å²) >= 11 is 5.02. The fraction of sp³-hybridized carbons (Fsp3) is 0.0625. The first-order valence-electron chi connectivity index (χ1n) is 6.19. The molecule has 0 aliphatic heterocycles. The van der Waals surface area contributed by atoms with Crippen molar-refractivity contribution in [1.29, 1.82) is 0 Å². The van der Waals surface area contributed by atoms with Gasteiger partial charge in [0.2, 0.25) is 5.88 Å². The fourth-order valence-electron chi connectivity index (χ4n) is 2.02. The molecule has 4 heteroatoms. The van der Waals surface area contributed by atoms with Gasteiger partial charge in [0.05, 0.1) is 4.47 Å². The smallest absolute Gasteiger partial charge is 0.227 e. The van der Waals surface area contributed by atoms with Crippen LogP contribution in [0, 0.1) is 0 Å². The van der Waals surface area contributed by atoms with Gasteiger partial charge >= 0.3 is 0 Å². The molecule has 0 atom stereocenters. The molecule has 0 saturated carbocycles. The van der Waals surface area contributed by atoms with E-state index in [2.05, 4.69) is 33.0 Å². The minimum absolute atomic E-state index is 0.0410. The van der Waals surface area contributed by atoms with Crippen LogP contribution in [0.5, 0.6) is 5.88 Å². The number of benzene rings is 2. The minimum Gasteiger partial charge on any atom is -0.492 e. The van der Waals surface area contributed by atoms with Gasteiger partial charge in [-0.2, -0.15) is 0 Å². The fourth-order valence-corrected chi connectivity index (χ4v) is 3.44. The third-order valence-electron chi connectivity index (χ3n) is 3.02. The SMILES string of the molecule is Oc1nc(SCc2ccccc2)c2ccccc2c1Br. The van der Waals surface area contributed by atoms with Crippen molar-refractivity contribution in [2.75, 3.05) is 0 Å². The standard InChI is InChI=1S/C16H12BrNOS/c17-14-12-8-4-5-9-13(12)16(18-15(14)19)20-10-11-6-2-1-3-7-11/h1-9H,10H2,(H,18,19). The summed E-state index contributed by atoms with van der Waals surface area (Å²) in [5.41, 5.74) is 1.24. The second kappa shape index (κ2) is 5.85. The van der Waals surface area contributed by atoms with Gasteiger partial charge in [-0.25, -0.2) is 4.98 Å². The Morgan fingerprint density at radius 3 is 2.35 bits per heavy atom. The Balaban J connectivity index is 1.97. The quantitative estimate of drug-likeness (QED) is 0.678. The van der Waals surface area contributed by atoms with Gasteiger partial charge < -0.3 is 5.11 Å². The number of aromatic nitrogens is 1. The van der Waals surface area contributed by atoms with E-state index in [1.165, 1.54) is 5.56 Å². The van der Waals surface area contributed by atoms with Crippen LogP contribution in [-0.4, -0.2) is 10.1 Å². The van der Waals surface area contributed by atoms with Gasteiger partial charge in [0.25, 0.3) is 0 Å². The number of aromatic hydroxyl groups is 1. The molecule has 0 amide bonds. The summed E-state index contributed by atoms with van der Waals surface area (Å²) in [5.74, 6) is 0.873. The lowest BCUT2D eigenvalue weighted by molar-refractivity contribution is 0.447. The molecule has 20 heavy (non-hydrogen) atoms. The van der Waals surface area contributed by atoms with E-state index in [0.717, 1.165) is 21.6 Å². The molecule has 3 aromatic rings. The van der Waals surface area contributed by atoms with E-state index in [1.54, 1.807) is 11.8 Å². The number of rotatable bonds is 3. The lowest BCUT2D eigenvalue weighted by Gasteiger charge is -2.08. The first-order valence-corrected chi connectivity index (χ1v) is 7.97. The normalized spacial score (nSPS) is 10.8. The maximum Gasteiger partial charge on any atom is 0.227 e.